The van der Waals surface area contributed by atoms with Crippen molar-refractivity contribution in [3.63, 3.8) is 0 Å². The zero-order valence-corrected chi connectivity index (χ0v) is 15.5. The van der Waals surface area contributed by atoms with Crippen LogP contribution in [0.15, 0.2) is 18.2 Å². The van der Waals surface area contributed by atoms with E-state index in [4.69, 9.17) is 14.2 Å². The lowest BCUT2D eigenvalue weighted by atomic mass is 9.70. The minimum absolute atomic E-state index is 0.0229. The molecular weight excluding hydrogens is 320 g/mol. The standard InChI is InChI=1S/C20H26O5/c1-12(21)24-15-7-6-13(10-16(15)23-5)18(22)25-17-11-14-8-9-20(17,4)19(14,2)3/h6-7,10,14,17H,8-9,11H2,1-5H3/t14-,17-,20-/m0/s1. The Morgan fingerprint density at radius 3 is 2.40 bits per heavy atom. The lowest BCUT2D eigenvalue weighted by Crippen LogP contribution is -2.38. The molecule has 25 heavy (non-hydrogen) atoms. The van der Waals surface area contributed by atoms with Crippen LogP contribution >= 0.6 is 0 Å². The number of fused-ring (bicyclic) bond motifs is 2. The molecule has 2 bridgehead atoms. The minimum Gasteiger partial charge on any atom is -0.493 e. The van der Waals surface area contributed by atoms with Gasteiger partial charge in [0.15, 0.2) is 11.5 Å². The number of benzene rings is 1. The zero-order chi connectivity index (χ0) is 18.4. The number of hydrogen-bond donors (Lipinski definition) is 0. The molecule has 0 heterocycles. The summed E-state index contributed by atoms with van der Waals surface area (Å²) in [6.45, 7) is 8.13. The van der Waals surface area contributed by atoms with Crippen LogP contribution in [0.2, 0.25) is 0 Å². The summed E-state index contributed by atoms with van der Waals surface area (Å²) < 4.78 is 16.2. The summed E-state index contributed by atoms with van der Waals surface area (Å²) >= 11 is 0. The van der Waals surface area contributed by atoms with Crippen molar-refractivity contribution in [2.24, 2.45) is 16.7 Å². The van der Waals surface area contributed by atoms with Crippen LogP contribution in [0.1, 0.15) is 57.3 Å². The highest BCUT2D eigenvalue weighted by Crippen LogP contribution is 2.66. The smallest absolute Gasteiger partial charge is 0.338 e. The summed E-state index contributed by atoms with van der Waals surface area (Å²) in [6, 6.07) is 4.72. The third-order valence-corrected chi connectivity index (χ3v) is 6.62. The van der Waals surface area contributed by atoms with E-state index in [1.807, 2.05) is 0 Å². The Labute approximate surface area is 148 Å². The van der Waals surface area contributed by atoms with Gasteiger partial charge in [0.25, 0.3) is 0 Å². The normalized spacial score (nSPS) is 29.3. The summed E-state index contributed by atoms with van der Waals surface area (Å²) in [4.78, 5) is 23.8. The van der Waals surface area contributed by atoms with Gasteiger partial charge < -0.3 is 14.2 Å². The van der Waals surface area contributed by atoms with Crippen LogP contribution < -0.4 is 9.47 Å². The average Bonchev–Trinajstić information content (AvgIpc) is 2.88. The molecule has 0 spiro atoms. The molecule has 0 aliphatic heterocycles. The van der Waals surface area contributed by atoms with Crippen LogP contribution in [-0.4, -0.2) is 25.2 Å². The number of ether oxygens (including phenoxy) is 3. The summed E-state index contributed by atoms with van der Waals surface area (Å²) in [7, 11) is 1.47. The van der Waals surface area contributed by atoms with E-state index in [0.717, 1.165) is 12.8 Å². The number of esters is 2. The van der Waals surface area contributed by atoms with Crippen LogP contribution in [0.25, 0.3) is 0 Å². The van der Waals surface area contributed by atoms with Crippen LogP contribution in [0.5, 0.6) is 11.5 Å². The van der Waals surface area contributed by atoms with E-state index in [1.165, 1.54) is 20.5 Å². The summed E-state index contributed by atoms with van der Waals surface area (Å²) in [6.07, 6.45) is 3.17. The Balaban J connectivity index is 1.77. The van der Waals surface area contributed by atoms with Crippen LogP contribution in [0.3, 0.4) is 0 Å². The van der Waals surface area contributed by atoms with Crippen molar-refractivity contribution >= 4 is 11.9 Å². The second-order valence-electron chi connectivity index (χ2n) is 7.96. The molecule has 0 unspecified atom stereocenters. The first-order valence-electron chi connectivity index (χ1n) is 8.76. The number of hydrogen-bond acceptors (Lipinski definition) is 5. The Hall–Kier alpha value is -2.04. The highest BCUT2D eigenvalue weighted by molar-refractivity contribution is 5.90. The molecule has 1 aromatic carbocycles. The molecule has 0 N–H and O–H groups in total. The number of rotatable bonds is 4. The molecule has 2 saturated carbocycles. The molecule has 5 heteroatoms. The topological polar surface area (TPSA) is 61.8 Å². The van der Waals surface area contributed by atoms with Gasteiger partial charge in [0.05, 0.1) is 12.7 Å². The second kappa shape index (κ2) is 6.04. The zero-order valence-electron chi connectivity index (χ0n) is 15.5. The van der Waals surface area contributed by atoms with E-state index in [9.17, 15) is 9.59 Å². The van der Waals surface area contributed by atoms with Gasteiger partial charge in [-0.3, -0.25) is 4.79 Å². The first-order chi connectivity index (χ1) is 11.7. The SMILES string of the molecule is COc1cc(C(=O)O[C@H]2C[C@@H]3CC[C@]2(C)C3(C)C)ccc1OC(C)=O. The molecule has 2 aliphatic carbocycles. The monoisotopic (exact) mass is 346 g/mol. The van der Waals surface area contributed by atoms with Crippen molar-refractivity contribution in [1.82, 2.24) is 0 Å². The van der Waals surface area contributed by atoms with E-state index < -0.39 is 5.97 Å². The van der Waals surface area contributed by atoms with E-state index in [1.54, 1.807) is 18.2 Å². The predicted molar refractivity (Wildman–Crippen MR) is 92.7 cm³/mol. The molecule has 3 atom stereocenters. The van der Waals surface area contributed by atoms with Crippen molar-refractivity contribution in [2.75, 3.05) is 7.11 Å². The molecule has 136 valence electrons. The fourth-order valence-corrected chi connectivity index (χ4v) is 4.54. The molecule has 0 amide bonds. The van der Waals surface area contributed by atoms with Gasteiger partial charge in [0, 0.05) is 12.3 Å². The lowest BCUT2D eigenvalue weighted by Gasteiger charge is -2.38. The molecule has 2 aliphatic rings. The predicted octanol–water partition coefficient (Wildman–Crippen LogP) is 3.99. The quantitative estimate of drug-likeness (QED) is 0.609. The highest BCUT2D eigenvalue weighted by Gasteiger charge is 2.62. The van der Waals surface area contributed by atoms with E-state index in [-0.39, 0.29) is 22.9 Å². The molecule has 0 saturated heterocycles. The molecular formula is C20H26O5. The van der Waals surface area contributed by atoms with Crippen molar-refractivity contribution in [3.05, 3.63) is 23.8 Å². The first kappa shape index (κ1) is 17.8. The largest absolute Gasteiger partial charge is 0.493 e. The lowest BCUT2D eigenvalue weighted by molar-refractivity contribution is -0.132. The minimum atomic E-state index is -0.439. The molecule has 5 nitrogen and oxygen atoms in total. The van der Waals surface area contributed by atoms with Crippen molar-refractivity contribution in [2.45, 2.75) is 53.1 Å². The Morgan fingerprint density at radius 2 is 1.88 bits per heavy atom. The van der Waals surface area contributed by atoms with Gasteiger partial charge in [0.1, 0.15) is 6.10 Å². The molecule has 1 aromatic rings. The Kier molecular flexibility index (Phi) is 4.30. The summed E-state index contributed by atoms with van der Waals surface area (Å²) in [5, 5.41) is 0. The Morgan fingerprint density at radius 1 is 1.16 bits per heavy atom. The fourth-order valence-electron chi connectivity index (χ4n) is 4.54. The van der Waals surface area contributed by atoms with Crippen molar-refractivity contribution < 1.29 is 23.8 Å². The van der Waals surface area contributed by atoms with Gasteiger partial charge in [-0.2, -0.15) is 0 Å². The molecule has 0 radical (unpaired) electrons. The van der Waals surface area contributed by atoms with Crippen molar-refractivity contribution in [1.29, 1.82) is 0 Å². The van der Waals surface area contributed by atoms with Gasteiger partial charge in [0.2, 0.25) is 0 Å². The van der Waals surface area contributed by atoms with Crippen LogP contribution in [0.4, 0.5) is 0 Å². The van der Waals surface area contributed by atoms with E-state index in [2.05, 4.69) is 20.8 Å². The van der Waals surface area contributed by atoms with Gasteiger partial charge in [-0.1, -0.05) is 20.8 Å². The van der Waals surface area contributed by atoms with Gasteiger partial charge in [-0.25, -0.2) is 4.79 Å². The first-order valence-corrected chi connectivity index (χ1v) is 8.76. The average molecular weight is 346 g/mol. The van der Waals surface area contributed by atoms with Crippen LogP contribution in [0, 0.1) is 16.7 Å². The summed E-state index contributed by atoms with van der Waals surface area (Å²) in [5.74, 6) is 0.438. The third kappa shape index (κ3) is 2.79. The third-order valence-electron chi connectivity index (χ3n) is 6.62. The molecule has 0 aromatic heterocycles. The van der Waals surface area contributed by atoms with Crippen molar-refractivity contribution in [3.8, 4) is 11.5 Å². The molecule has 2 fully saturated rings. The number of carbonyl (C=O) groups excluding carboxylic acids is 2. The maximum atomic E-state index is 12.6. The number of methoxy groups -OCH3 is 1. The van der Waals surface area contributed by atoms with E-state index in [0.29, 0.717) is 23.0 Å². The fraction of sp³-hybridized carbons (Fsp3) is 0.600. The van der Waals surface area contributed by atoms with Crippen LogP contribution in [-0.2, 0) is 9.53 Å². The maximum Gasteiger partial charge on any atom is 0.338 e. The maximum absolute atomic E-state index is 12.6. The second-order valence-corrected chi connectivity index (χ2v) is 7.96. The van der Waals surface area contributed by atoms with Gasteiger partial charge in [-0.05, 0) is 48.8 Å². The summed E-state index contributed by atoms with van der Waals surface area (Å²) in [5.41, 5.74) is 0.612. The molecule has 3 rings (SSSR count). The van der Waals surface area contributed by atoms with Gasteiger partial charge >= 0.3 is 11.9 Å². The van der Waals surface area contributed by atoms with E-state index >= 15 is 0 Å². The number of carbonyl (C=O) groups is 2. The Bertz CT molecular complexity index is 708. The van der Waals surface area contributed by atoms with Gasteiger partial charge in [-0.15, -0.1) is 0 Å². The highest BCUT2D eigenvalue weighted by atomic mass is 16.6.